The molecule has 2 atom stereocenters. The zero-order valence-electron chi connectivity index (χ0n) is 13.4. The van der Waals surface area contributed by atoms with Crippen LogP contribution in [0.3, 0.4) is 0 Å². The standard InChI is InChI=1S/C15H21N5O4/c1-9-4-2-3-5-10(9)19-15(23)20-11(21)8-24-14(22)12-13(16)18-7-6-17-12/h6-7,9-10H,2-5,8H2,1H3,(H2,16,18)(H2,19,20,21,23)/t9-,10-/m0/s1. The number of hydrogen-bond acceptors (Lipinski definition) is 7. The van der Waals surface area contributed by atoms with Crippen LogP contribution in [-0.4, -0.2) is 40.5 Å². The lowest BCUT2D eigenvalue weighted by Crippen LogP contribution is -2.48. The van der Waals surface area contributed by atoms with E-state index in [9.17, 15) is 14.4 Å². The molecule has 9 heteroatoms. The summed E-state index contributed by atoms with van der Waals surface area (Å²) in [6.07, 6.45) is 6.77. The third-order valence-electron chi connectivity index (χ3n) is 3.94. The number of ether oxygens (including phenoxy) is 1. The zero-order chi connectivity index (χ0) is 17.5. The monoisotopic (exact) mass is 335 g/mol. The average molecular weight is 335 g/mol. The van der Waals surface area contributed by atoms with Gasteiger partial charge in [0, 0.05) is 18.4 Å². The molecule has 130 valence electrons. The van der Waals surface area contributed by atoms with Gasteiger partial charge in [-0.3, -0.25) is 10.1 Å². The largest absolute Gasteiger partial charge is 0.451 e. The predicted molar refractivity (Wildman–Crippen MR) is 84.8 cm³/mol. The first-order valence-electron chi connectivity index (χ1n) is 7.81. The van der Waals surface area contributed by atoms with Gasteiger partial charge >= 0.3 is 12.0 Å². The van der Waals surface area contributed by atoms with E-state index in [1.54, 1.807) is 0 Å². The summed E-state index contributed by atoms with van der Waals surface area (Å²) >= 11 is 0. The fourth-order valence-corrected chi connectivity index (χ4v) is 2.60. The second kappa shape index (κ2) is 8.23. The highest BCUT2D eigenvalue weighted by Crippen LogP contribution is 2.23. The molecule has 0 spiro atoms. The van der Waals surface area contributed by atoms with E-state index in [1.165, 1.54) is 12.4 Å². The summed E-state index contributed by atoms with van der Waals surface area (Å²) in [5.41, 5.74) is 5.31. The van der Waals surface area contributed by atoms with Crippen LogP contribution in [0.5, 0.6) is 0 Å². The molecule has 24 heavy (non-hydrogen) atoms. The minimum Gasteiger partial charge on any atom is -0.451 e. The molecule has 1 aliphatic rings. The number of rotatable bonds is 4. The van der Waals surface area contributed by atoms with E-state index in [-0.39, 0.29) is 17.6 Å². The fraction of sp³-hybridized carbons (Fsp3) is 0.533. The lowest BCUT2D eigenvalue weighted by molar-refractivity contribution is -0.123. The predicted octanol–water partition coefficient (Wildman–Crippen LogP) is 0.620. The molecule has 1 heterocycles. The van der Waals surface area contributed by atoms with Crippen LogP contribution in [0.4, 0.5) is 10.6 Å². The van der Waals surface area contributed by atoms with Crippen molar-refractivity contribution in [2.75, 3.05) is 12.3 Å². The SMILES string of the molecule is C[C@H]1CCCC[C@@H]1NC(=O)NC(=O)COC(=O)c1nccnc1N. The number of nitrogens with zero attached hydrogens (tertiary/aromatic N) is 2. The van der Waals surface area contributed by atoms with Crippen molar-refractivity contribution >= 4 is 23.7 Å². The van der Waals surface area contributed by atoms with E-state index in [0.717, 1.165) is 25.7 Å². The summed E-state index contributed by atoms with van der Waals surface area (Å²) in [4.78, 5) is 42.6. The number of aromatic nitrogens is 2. The normalized spacial score (nSPS) is 20.0. The van der Waals surface area contributed by atoms with Gasteiger partial charge in [-0.25, -0.2) is 19.6 Å². The van der Waals surface area contributed by atoms with Crippen molar-refractivity contribution in [3.63, 3.8) is 0 Å². The first-order valence-corrected chi connectivity index (χ1v) is 7.81. The van der Waals surface area contributed by atoms with Crippen molar-refractivity contribution in [1.29, 1.82) is 0 Å². The zero-order valence-corrected chi connectivity index (χ0v) is 13.4. The Hall–Kier alpha value is -2.71. The van der Waals surface area contributed by atoms with E-state index in [1.807, 2.05) is 0 Å². The Bertz CT molecular complexity index is 622. The third kappa shape index (κ3) is 4.90. The van der Waals surface area contributed by atoms with Crippen molar-refractivity contribution in [1.82, 2.24) is 20.6 Å². The fourth-order valence-electron chi connectivity index (χ4n) is 2.60. The van der Waals surface area contributed by atoms with Crippen LogP contribution in [0.25, 0.3) is 0 Å². The smallest absolute Gasteiger partial charge is 0.361 e. The van der Waals surface area contributed by atoms with Gasteiger partial charge in [-0.05, 0) is 18.8 Å². The van der Waals surface area contributed by atoms with Crippen LogP contribution >= 0.6 is 0 Å². The number of amides is 3. The van der Waals surface area contributed by atoms with Gasteiger partial charge in [-0.1, -0.05) is 19.8 Å². The lowest BCUT2D eigenvalue weighted by Gasteiger charge is -2.29. The highest BCUT2D eigenvalue weighted by atomic mass is 16.5. The molecular formula is C15H21N5O4. The molecule has 0 aromatic carbocycles. The van der Waals surface area contributed by atoms with E-state index in [2.05, 4.69) is 27.5 Å². The molecule has 3 amide bonds. The molecule has 0 unspecified atom stereocenters. The third-order valence-corrected chi connectivity index (χ3v) is 3.94. The molecule has 1 aromatic heterocycles. The van der Waals surface area contributed by atoms with Gasteiger partial charge in [-0.15, -0.1) is 0 Å². The Morgan fingerprint density at radius 1 is 1.25 bits per heavy atom. The molecular weight excluding hydrogens is 314 g/mol. The van der Waals surface area contributed by atoms with Gasteiger partial charge in [0.15, 0.2) is 18.1 Å². The van der Waals surface area contributed by atoms with Crippen molar-refractivity contribution in [2.24, 2.45) is 5.92 Å². The highest BCUT2D eigenvalue weighted by Gasteiger charge is 2.23. The van der Waals surface area contributed by atoms with E-state index in [4.69, 9.17) is 10.5 Å². The molecule has 0 bridgehead atoms. The van der Waals surface area contributed by atoms with Crippen molar-refractivity contribution in [2.45, 2.75) is 38.6 Å². The Labute approximate surface area is 139 Å². The maximum absolute atomic E-state index is 11.8. The number of carbonyl (C=O) groups is 3. The Balaban J connectivity index is 1.75. The summed E-state index contributed by atoms with van der Waals surface area (Å²) in [6.45, 7) is 1.46. The molecule has 4 N–H and O–H groups in total. The van der Waals surface area contributed by atoms with Crippen molar-refractivity contribution in [3.05, 3.63) is 18.1 Å². The van der Waals surface area contributed by atoms with E-state index >= 15 is 0 Å². The number of anilines is 1. The highest BCUT2D eigenvalue weighted by molar-refractivity contribution is 5.97. The van der Waals surface area contributed by atoms with Crippen molar-refractivity contribution in [3.8, 4) is 0 Å². The number of imide groups is 1. The molecule has 0 saturated heterocycles. The molecule has 0 radical (unpaired) electrons. The van der Waals surface area contributed by atoms with Gasteiger partial charge in [0.2, 0.25) is 0 Å². The van der Waals surface area contributed by atoms with Gasteiger partial charge in [-0.2, -0.15) is 0 Å². The molecule has 0 aliphatic heterocycles. The lowest BCUT2D eigenvalue weighted by atomic mass is 9.86. The number of hydrogen-bond donors (Lipinski definition) is 3. The van der Waals surface area contributed by atoms with Crippen LogP contribution < -0.4 is 16.4 Å². The van der Waals surface area contributed by atoms with Crippen LogP contribution in [0.2, 0.25) is 0 Å². The van der Waals surface area contributed by atoms with Crippen LogP contribution in [-0.2, 0) is 9.53 Å². The van der Waals surface area contributed by atoms with Crippen LogP contribution in [0.15, 0.2) is 12.4 Å². The number of nitrogens with two attached hydrogens (primary N) is 1. The maximum Gasteiger partial charge on any atom is 0.361 e. The molecule has 1 fully saturated rings. The van der Waals surface area contributed by atoms with Crippen LogP contribution in [0.1, 0.15) is 43.1 Å². The average Bonchev–Trinajstić information content (AvgIpc) is 2.55. The van der Waals surface area contributed by atoms with Gasteiger partial charge in [0.05, 0.1) is 0 Å². The Kier molecular flexibility index (Phi) is 6.05. The van der Waals surface area contributed by atoms with Gasteiger partial charge < -0.3 is 15.8 Å². The van der Waals surface area contributed by atoms with E-state index < -0.39 is 24.5 Å². The molecule has 2 rings (SSSR count). The number of urea groups is 1. The molecule has 1 aliphatic carbocycles. The Morgan fingerprint density at radius 2 is 1.96 bits per heavy atom. The summed E-state index contributed by atoms with van der Waals surface area (Å²) in [5, 5.41) is 4.91. The topological polar surface area (TPSA) is 136 Å². The first-order chi connectivity index (χ1) is 11.5. The first kappa shape index (κ1) is 17.6. The second-order valence-electron chi connectivity index (χ2n) is 5.76. The molecule has 9 nitrogen and oxygen atoms in total. The van der Waals surface area contributed by atoms with Gasteiger partial charge in [0.25, 0.3) is 5.91 Å². The maximum atomic E-state index is 11.8. The number of nitrogen functional groups attached to an aromatic ring is 1. The van der Waals surface area contributed by atoms with E-state index in [0.29, 0.717) is 5.92 Å². The van der Waals surface area contributed by atoms with Crippen molar-refractivity contribution < 1.29 is 19.1 Å². The number of esters is 1. The number of nitrogens with one attached hydrogen (secondary N) is 2. The summed E-state index contributed by atoms with van der Waals surface area (Å²) < 4.78 is 4.77. The Morgan fingerprint density at radius 3 is 2.67 bits per heavy atom. The van der Waals surface area contributed by atoms with Crippen LogP contribution in [0, 0.1) is 5.92 Å². The summed E-state index contributed by atoms with van der Waals surface area (Å²) in [5.74, 6) is -1.33. The summed E-state index contributed by atoms with van der Waals surface area (Å²) in [6, 6.07) is -0.540. The quantitative estimate of drug-likeness (QED) is 0.686. The second-order valence-corrected chi connectivity index (χ2v) is 5.76. The minimum atomic E-state index is -0.878. The molecule has 1 aromatic rings. The van der Waals surface area contributed by atoms with Gasteiger partial charge in [0.1, 0.15) is 0 Å². The molecule has 1 saturated carbocycles. The number of carbonyl (C=O) groups excluding carboxylic acids is 3. The minimum absolute atomic E-state index is 0.0495. The summed E-state index contributed by atoms with van der Waals surface area (Å²) in [7, 11) is 0.